The second-order valence-electron chi connectivity index (χ2n) is 25.1. The van der Waals surface area contributed by atoms with Crippen LogP contribution in [0.3, 0.4) is 0 Å². The van der Waals surface area contributed by atoms with Gasteiger partial charge in [-0.15, -0.1) is 0 Å². The van der Waals surface area contributed by atoms with Crippen molar-refractivity contribution in [1.82, 2.24) is 28.4 Å². The van der Waals surface area contributed by atoms with E-state index < -0.39 is 101 Å². The number of aliphatic hydroxyl groups excluding tert-OH is 3. The fourth-order valence-corrected chi connectivity index (χ4v) is 13.6. The van der Waals surface area contributed by atoms with Crippen molar-refractivity contribution in [1.29, 1.82) is 0 Å². The van der Waals surface area contributed by atoms with Gasteiger partial charge in [-0.25, -0.2) is 38.7 Å². The van der Waals surface area contributed by atoms with Gasteiger partial charge in [-0.3, -0.25) is 33.6 Å². The Morgan fingerprint density at radius 1 is 0.477 bits per heavy atom. The highest BCUT2D eigenvalue weighted by atomic mass is 35.5. The zero-order valence-electron chi connectivity index (χ0n) is 61.7. The molecule has 3 aromatic heterocycles. The summed E-state index contributed by atoms with van der Waals surface area (Å²) in [7, 11) is 8.76. The summed E-state index contributed by atoms with van der Waals surface area (Å²) in [5.74, 6) is -4.32. The molecule has 6 aromatic rings. The maximum absolute atomic E-state index is 13.9. The van der Waals surface area contributed by atoms with Crippen molar-refractivity contribution in [2.24, 2.45) is 21.1 Å². The number of nitrogens with zero attached hydrogens (tertiary/aromatic N) is 9. The first kappa shape index (κ1) is 84.4. The third-order valence-corrected chi connectivity index (χ3v) is 18.8. The van der Waals surface area contributed by atoms with Gasteiger partial charge in [0.05, 0.1) is 107 Å². The van der Waals surface area contributed by atoms with E-state index >= 15 is 0 Å². The molecule has 37 heteroatoms. The van der Waals surface area contributed by atoms with Crippen molar-refractivity contribution >= 4 is 128 Å². The number of aromatic carboxylic acids is 2. The van der Waals surface area contributed by atoms with E-state index in [1.807, 2.05) is 13.8 Å². The normalized spacial score (nSPS) is 18.2. The van der Waals surface area contributed by atoms with Gasteiger partial charge in [0.2, 0.25) is 0 Å². The molecule has 111 heavy (non-hydrogen) atoms. The van der Waals surface area contributed by atoms with Gasteiger partial charge in [0.25, 0.3) is 40.0 Å². The monoisotopic (exact) mass is 1580 g/mol. The van der Waals surface area contributed by atoms with Gasteiger partial charge in [-0.1, -0.05) is 51.8 Å². The Balaban J connectivity index is 0.000000244. The molecule has 6 aliphatic heterocycles. The van der Waals surface area contributed by atoms with E-state index in [0.717, 1.165) is 27.2 Å². The van der Waals surface area contributed by atoms with Crippen molar-refractivity contribution in [3.05, 3.63) is 162 Å². The van der Waals surface area contributed by atoms with E-state index in [-0.39, 0.29) is 122 Å². The molecule has 0 aliphatic carbocycles. The molecule has 9 N–H and O–H groups in total. The van der Waals surface area contributed by atoms with Crippen LogP contribution in [0.1, 0.15) is 146 Å². The number of hydrogen-bond acceptors (Lipinski definition) is 22. The third-order valence-electron chi connectivity index (χ3n) is 18.4. The predicted octanol–water partition coefficient (Wildman–Crippen LogP) is 8.25. The fourth-order valence-electron chi connectivity index (χ4n) is 13.3. The van der Waals surface area contributed by atoms with Crippen LogP contribution in [0.5, 0.6) is 17.2 Å². The highest BCUT2D eigenvalue weighted by molar-refractivity contribution is 6.69. The molecule has 3 fully saturated rings. The van der Waals surface area contributed by atoms with E-state index in [0.29, 0.717) is 57.5 Å². The predicted molar refractivity (Wildman–Crippen MR) is 403 cm³/mol. The Kier molecular flexibility index (Phi) is 28.0. The van der Waals surface area contributed by atoms with E-state index in [4.69, 9.17) is 67.6 Å². The summed E-state index contributed by atoms with van der Waals surface area (Å²) in [4.78, 5) is 157. The summed E-state index contributed by atoms with van der Waals surface area (Å²) in [6, 6.07) is 10.3. The van der Waals surface area contributed by atoms with Crippen LogP contribution in [-0.4, -0.2) is 222 Å². The van der Waals surface area contributed by atoms with Gasteiger partial charge in [-0.2, -0.15) is 0 Å². The van der Waals surface area contributed by atoms with Crippen LogP contribution in [0, 0.1) is 0 Å². The number of methoxy groups -OCH3 is 3. The lowest BCUT2D eigenvalue weighted by atomic mass is 10.1. The standard InChI is InChI=1S/C41H45N7O12.C17H21N3O5.C7H5Cl2NO2.C7H7NO4.C2H6/c1-6-14-59-40(55)47-29-19-25(32(57-4)17-23(29)36(51)45-12-8-10-27(45)38(47)53)42-34(49)22-16-31(44(3)21-22)35(50)43-26-20-30-24(18-33(26)58-5)37(52)46-13-9-11-28(46)39(54)48(30)41(56)60-15-7-2;1-3-7-25-17(23)20-13-9-11(18)14(24-2)8-10(13)15(21)19-6-4-5-12(19)16(20)22;1-10-3-4(6(8)11)2-5(10)7(9)12;1-8-3-4(6(9)10)2-5(8)7(11)12;1-2/h6-7,16-21,27-28,38-39,53-54H,1-2,8-15H2,3-5H3,(H,42,49)(H,43,50);3,8-9,12,16,22H,1,4-7,18H2,2H3;2-3H,1H3;2-3H,1H3,(H,9,10)(H,11,12);1-2H3/t27-,28-,38-,39-;12-,16-;;;/m00.../s1. The first-order valence-electron chi connectivity index (χ1n) is 34.4. The Labute approximate surface area is 645 Å². The molecule has 3 saturated heterocycles. The van der Waals surface area contributed by atoms with E-state index in [1.165, 1.54) is 144 Å². The number of fused-ring (bicyclic) bond motifs is 6. The van der Waals surface area contributed by atoms with Gasteiger partial charge >= 0.3 is 30.2 Å². The molecule has 0 radical (unpaired) electrons. The van der Waals surface area contributed by atoms with Gasteiger partial charge in [0, 0.05) is 59.4 Å². The second kappa shape index (κ2) is 36.8. The molecule has 0 bridgehead atoms. The highest BCUT2D eigenvalue weighted by Gasteiger charge is 2.49. The first-order valence-corrected chi connectivity index (χ1v) is 35.2. The number of nitrogen functional groups attached to an aromatic ring is 1. The van der Waals surface area contributed by atoms with Gasteiger partial charge in [-0.05, 0) is 116 Å². The Bertz CT molecular complexity index is 4600. The molecule has 12 rings (SSSR count). The summed E-state index contributed by atoms with van der Waals surface area (Å²) in [5, 5.41) is 55.0. The van der Waals surface area contributed by atoms with Gasteiger partial charge in [0.15, 0.2) is 18.7 Å². The third kappa shape index (κ3) is 17.9. The van der Waals surface area contributed by atoms with Crippen LogP contribution >= 0.6 is 23.2 Å². The van der Waals surface area contributed by atoms with Crippen molar-refractivity contribution in [3.8, 4) is 17.2 Å². The minimum atomic E-state index is -1.46. The first-order chi connectivity index (χ1) is 52.9. The molecule has 0 saturated carbocycles. The number of nitrogens with two attached hydrogens (primary N) is 1. The Morgan fingerprint density at radius 2 is 0.820 bits per heavy atom. The largest absolute Gasteiger partial charge is 0.495 e. The number of aromatic nitrogens is 3. The van der Waals surface area contributed by atoms with Crippen molar-refractivity contribution < 1.29 is 111 Å². The van der Waals surface area contributed by atoms with E-state index in [2.05, 4.69) is 30.4 Å². The summed E-state index contributed by atoms with van der Waals surface area (Å²) in [6.45, 7) is 15.5. The molecule has 8 amide bonds. The summed E-state index contributed by atoms with van der Waals surface area (Å²) < 4.78 is 36.1. The summed E-state index contributed by atoms with van der Waals surface area (Å²) >= 11 is 10.4. The highest BCUT2D eigenvalue weighted by Crippen LogP contribution is 2.44. The number of carboxylic acid groups (broad SMARTS) is 2. The number of anilines is 6. The molecule has 3 aromatic carbocycles. The SMILES string of the molecule is C=CCOC(=O)N1c2cc(N)c(OC)cc2C(=O)N2CCC[C@H]2[C@@H]1O.C=CCOC(=O)N1c2cc(NC(=O)c3cc(C(=O)Nc4cc5c(cc4OC)C(=O)N4CCC[C@H]4[C@H](O)N5C(=O)OCC=C)n(C)c3)c(OC)cc2C(=O)N2CCC[C@H]2[C@@H]1O.CC.Cn1cc(C(=O)Cl)cc1C(=O)Cl.Cn1cc(C(=O)O)cc1C(=O)O. The van der Waals surface area contributed by atoms with Crippen LogP contribution < -0.4 is 45.3 Å². The Hall–Kier alpha value is -12.2. The van der Waals surface area contributed by atoms with Crippen LogP contribution in [0.15, 0.2) is 111 Å². The fraction of sp³-hybridized carbons (Fsp3) is 0.351. The lowest BCUT2D eigenvalue weighted by molar-refractivity contribution is 0.0495. The van der Waals surface area contributed by atoms with Crippen molar-refractivity contribution in [2.75, 3.05) is 91.9 Å². The lowest BCUT2D eigenvalue weighted by Gasteiger charge is -2.31. The number of aliphatic hydroxyl groups is 3. The molecular formula is C74H84Cl2N12O23. The van der Waals surface area contributed by atoms with Gasteiger partial charge in [0.1, 0.15) is 54.2 Å². The topological polar surface area (TPSA) is 446 Å². The molecule has 6 aliphatic rings. The number of nitrogens with one attached hydrogen (secondary N) is 2. The number of ether oxygens (including phenoxy) is 6. The molecule has 9 heterocycles. The molecule has 0 unspecified atom stereocenters. The molecule has 0 spiro atoms. The molecule has 6 atom stereocenters. The van der Waals surface area contributed by atoms with Crippen LogP contribution in [0.2, 0.25) is 0 Å². The summed E-state index contributed by atoms with van der Waals surface area (Å²) in [6.07, 6.45) is 4.97. The van der Waals surface area contributed by atoms with Crippen LogP contribution in [0.25, 0.3) is 0 Å². The molecule has 35 nitrogen and oxygen atoms in total. The average molecular weight is 1580 g/mol. The number of hydrogen-bond donors (Lipinski definition) is 8. The van der Waals surface area contributed by atoms with Crippen LogP contribution in [0.4, 0.5) is 48.5 Å². The maximum Gasteiger partial charge on any atom is 0.416 e. The number of carboxylic acids is 2. The number of benzene rings is 3. The van der Waals surface area contributed by atoms with Crippen molar-refractivity contribution in [3.63, 3.8) is 0 Å². The van der Waals surface area contributed by atoms with Crippen molar-refractivity contribution in [2.45, 2.75) is 89.2 Å². The lowest BCUT2D eigenvalue weighted by Crippen LogP contribution is -2.50. The number of carbonyl (C=O) groups excluding carboxylic acids is 10. The zero-order chi connectivity index (χ0) is 81.7. The van der Waals surface area contributed by atoms with Gasteiger partial charge < -0.3 is 98.7 Å². The number of rotatable bonds is 17. The molecule has 592 valence electrons. The smallest absolute Gasteiger partial charge is 0.416 e. The summed E-state index contributed by atoms with van der Waals surface area (Å²) in [5.41, 5.74) is 7.30. The number of carbonyl (C=O) groups is 12. The molecular weight excluding hydrogens is 1500 g/mol. The van der Waals surface area contributed by atoms with E-state index in [1.54, 1.807) is 11.9 Å². The minimum Gasteiger partial charge on any atom is -0.495 e. The quantitative estimate of drug-likeness (QED) is 0.0184. The van der Waals surface area contributed by atoms with E-state index in [9.17, 15) is 72.9 Å². The second-order valence-corrected chi connectivity index (χ2v) is 25.7. The zero-order valence-corrected chi connectivity index (χ0v) is 63.2. The minimum absolute atomic E-state index is 0.00858. The number of amides is 8. The number of halogens is 2. The Morgan fingerprint density at radius 3 is 1.15 bits per heavy atom. The maximum atomic E-state index is 13.9. The average Bonchev–Trinajstić information content (AvgIpc) is 1.64. The number of aryl methyl sites for hydroxylation is 3. The van der Waals surface area contributed by atoms with Crippen LogP contribution in [-0.2, 0) is 35.4 Å².